The van der Waals surface area contributed by atoms with Crippen LogP contribution in [0.25, 0.3) is 11.1 Å². The van der Waals surface area contributed by atoms with Crippen LogP contribution in [-0.2, 0) is 29.1 Å². The molecule has 2 atom stereocenters. The quantitative estimate of drug-likeness (QED) is 0.348. The number of rotatable bonds is 10. The van der Waals surface area contributed by atoms with E-state index in [0.29, 0.717) is 31.3 Å². The first-order chi connectivity index (χ1) is 20.4. The van der Waals surface area contributed by atoms with Crippen LogP contribution in [0.2, 0.25) is 0 Å². The van der Waals surface area contributed by atoms with E-state index in [1.165, 1.54) is 39.9 Å². The Morgan fingerprint density at radius 1 is 1.02 bits per heavy atom. The van der Waals surface area contributed by atoms with Gasteiger partial charge < -0.3 is 24.7 Å². The summed E-state index contributed by atoms with van der Waals surface area (Å²) in [5, 5.41) is 3.59. The number of hydrogen-bond acceptors (Lipinski definition) is 6. The lowest BCUT2D eigenvalue weighted by Gasteiger charge is -2.37. The van der Waals surface area contributed by atoms with Gasteiger partial charge in [-0.3, -0.25) is 9.69 Å². The first-order valence-corrected chi connectivity index (χ1v) is 15.7. The lowest BCUT2D eigenvalue weighted by atomic mass is 9.95. The van der Waals surface area contributed by atoms with Crippen LogP contribution in [0, 0.1) is 20.8 Å². The van der Waals surface area contributed by atoms with Gasteiger partial charge in [-0.2, -0.15) is 0 Å². The van der Waals surface area contributed by atoms with Gasteiger partial charge in [-0.1, -0.05) is 24.3 Å². The van der Waals surface area contributed by atoms with Crippen LogP contribution < -0.4 is 15.8 Å². The second-order valence-corrected chi connectivity index (χ2v) is 12.4. The molecule has 0 spiro atoms. The molecule has 7 heteroatoms. The van der Waals surface area contributed by atoms with E-state index in [-0.39, 0.29) is 5.56 Å². The Morgan fingerprint density at radius 2 is 1.81 bits per heavy atom. The summed E-state index contributed by atoms with van der Waals surface area (Å²) in [5.41, 5.74) is 10.4. The number of nitrogens with one attached hydrogen (secondary N) is 2. The van der Waals surface area contributed by atoms with Crippen molar-refractivity contribution in [3.05, 3.63) is 86.3 Å². The minimum absolute atomic E-state index is 0.00258. The van der Waals surface area contributed by atoms with Gasteiger partial charge >= 0.3 is 0 Å². The highest BCUT2D eigenvalue weighted by Crippen LogP contribution is 2.35. The Labute approximate surface area is 250 Å². The van der Waals surface area contributed by atoms with E-state index in [1.807, 2.05) is 19.9 Å². The van der Waals surface area contributed by atoms with Crippen molar-refractivity contribution in [1.29, 1.82) is 0 Å². The summed E-state index contributed by atoms with van der Waals surface area (Å²) < 4.78 is 11.5. The van der Waals surface area contributed by atoms with Gasteiger partial charge in [-0.15, -0.1) is 0 Å². The van der Waals surface area contributed by atoms with E-state index < -0.39 is 0 Å². The number of H-pyrrole nitrogens is 1. The number of aromatic amines is 1. The molecule has 3 aliphatic rings. The fourth-order valence-corrected chi connectivity index (χ4v) is 7.16. The largest absolute Gasteiger partial charge is 0.381 e. The zero-order valence-corrected chi connectivity index (χ0v) is 25.7. The number of aryl methyl sites for hydroxylation is 2. The molecule has 0 amide bonds. The Bertz CT molecular complexity index is 1440. The van der Waals surface area contributed by atoms with Crippen molar-refractivity contribution in [2.24, 2.45) is 0 Å². The van der Waals surface area contributed by atoms with Crippen LogP contribution in [-0.4, -0.2) is 61.0 Å². The molecular weight excluding hydrogens is 524 g/mol. The summed E-state index contributed by atoms with van der Waals surface area (Å²) in [6.45, 7) is 15.2. The smallest absolute Gasteiger partial charge is 0.252 e. The van der Waals surface area contributed by atoms with Gasteiger partial charge in [0.1, 0.15) is 0 Å². The Kier molecular flexibility index (Phi) is 8.82. The number of pyridine rings is 1. The van der Waals surface area contributed by atoms with Crippen molar-refractivity contribution < 1.29 is 9.47 Å². The SMILES string of the molecule is CCN(c1cc(-c2ccc(CN3C[C@@H]4C[C@H]3CO4)cc2)cc(CNCc2c(C)cc(C)[nH]c2=O)c1C)C1CCOCC1. The standard InChI is InChI=1S/C35H46N4O3/c1-5-39(30-10-12-41-13-11-30)34-16-28(27-8-6-26(7-9-27)20-38-21-32-17-31(38)22-42-32)15-29(25(34)4)18-36-19-33-23(2)14-24(3)37-35(33)40/h6-9,14-16,30-32,36H,5,10-13,17-22H2,1-4H3,(H,37,40)/t31-,32-/m0/s1. The molecule has 2 N–H and O–H groups in total. The maximum absolute atomic E-state index is 12.6. The summed E-state index contributed by atoms with van der Waals surface area (Å²) in [6, 6.07) is 17.0. The number of benzene rings is 2. The minimum atomic E-state index is -0.00258. The lowest BCUT2D eigenvalue weighted by molar-refractivity contribution is 0.0273. The molecule has 2 aromatic carbocycles. The molecule has 0 aliphatic carbocycles. The van der Waals surface area contributed by atoms with E-state index in [2.05, 4.69) is 70.3 Å². The third-order valence-electron chi connectivity index (χ3n) is 9.57. The number of nitrogens with zero attached hydrogens (tertiary/aromatic N) is 2. The van der Waals surface area contributed by atoms with Crippen LogP contribution in [0.4, 0.5) is 5.69 Å². The van der Waals surface area contributed by atoms with E-state index in [9.17, 15) is 4.79 Å². The predicted molar refractivity (Wildman–Crippen MR) is 169 cm³/mol. The van der Waals surface area contributed by atoms with Crippen molar-refractivity contribution in [2.75, 3.05) is 37.8 Å². The van der Waals surface area contributed by atoms with Crippen LogP contribution >= 0.6 is 0 Å². The highest BCUT2D eigenvalue weighted by molar-refractivity contribution is 5.73. The average Bonchev–Trinajstić information content (AvgIpc) is 3.61. The zero-order chi connectivity index (χ0) is 29.2. The molecular formula is C35H46N4O3. The number of anilines is 1. The van der Waals surface area contributed by atoms with Gasteiger partial charge in [0.15, 0.2) is 0 Å². The minimum Gasteiger partial charge on any atom is -0.381 e. The van der Waals surface area contributed by atoms with Crippen LogP contribution in [0.3, 0.4) is 0 Å². The molecule has 3 fully saturated rings. The molecule has 0 unspecified atom stereocenters. The molecule has 1 aromatic heterocycles. The Balaban J connectivity index is 1.26. The second-order valence-electron chi connectivity index (χ2n) is 12.4. The molecule has 7 nitrogen and oxygen atoms in total. The maximum atomic E-state index is 12.6. The monoisotopic (exact) mass is 570 g/mol. The van der Waals surface area contributed by atoms with Crippen LogP contribution in [0.1, 0.15) is 59.7 Å². The molecule has 224 valence electrons. The summed E-state index contributed by atoms with van der Waals surface area (Å²) in [5.74, 6) is 0. The Hall–Kier alpha value is -2.97. The molecule has 0 radical (unpaired) electrons. The molecule has 2 bridgehead atoms. The summed E-state index contributed by atoms with van der Waals surface area (Å²) in [4.78, 5) is 20.7. The number of aromatic nitrogens is 1. The van der Waals surface area contributed by atoms with E-state index in [0.717, 1.165) is 69.1 Å². The predicted octanol–water partition coefficient (Wildman–Crippen LogP) is 5.24. The topological polar surface area (TPSA) is 69.8 Å². The summed E-state index contributed by atoms with van der Waals surface area (Å²) in [7, 11) is 0. The number of morpholine rings is 1. The number of fused-ring (bicyclic) bond motifs is 2. The van der Waals surface area contributed by atoms with Crippen LogP contribution in [0.15, 0.2) is 47.3 Å². The molecule has 3 aliphatic heterocycles. The van der Waals surface area contributed by atoms with Crippen molar-refractivity contribution in [1.82, 2.24) is 15.2 Å². The summed E-state index contributed by atoms with van der Waals surface area (Å²) >= 11 is 0. The highest BCUT2D eigenvalue weighted by atomic mass is 16.5. The molecule has 42 heavy (non-hydrogen) atoms. The van der Waals surface area contributed by atoms with E-state index >= 15 is 0 Å². The van der Waals surface area contributed by atoms with Gasteiger partial charge in [0, 0.05) is 75.0 Å². The first-order valence-electron chi connectivity index (χ1n) is 15.7. The second kappa shape index (κ2) is 12.7. The molecule has 3 saturated heterocycles. The van der Waals surface area contributed by atoms with Gasteiger partial charge in [0.25, 0.3) is 5.56 Å². The van der Waals surface area contributed by atoms with E-state index in [4.69, 9.17) is 9.47 Å². The van der Waals surface area contributed by atoms with Crippen molar-refractivity contribution in [3.8, 4) is 11.1 Å². The molecule has 6 rings (SSSR count). The fourth-order valence-electron chi connectivity index (χ4n) is 7.16. The van der Waals surface area contributed by atoms with Crippen LogP contribution in [0.5, 0.6) is 0 Å². The third-order valence-corrected chi connectivity index (χ3v) is 9.57. The van der Waals surface area contributed by atoms with Crippen molar-refractivity contribution >= 4 is 5.69 Å². The van der Waals surface area contributed by atoms with Crippen molar-refractivity contribution in [3.63, 3.8) is 0 Å². The van der Waals surface area contributed by atoms with E-state index in [1.54, 1.807) is 0 Å². The lowest BCUT2D eigenvalue weighted by Crippen LogP contribution is -2.40. The van der Waals surface area contributed by atoms with Gasteiger partial charge in [-0.25, -0.2) is 0 Å². The average molecular weight is 571 g/mol. The van der Waals surface area contributed by atoms with Gasteiger partial charge in [0.2, 0.25) is 0 Å². The van der Waals surface area contributed by atoms with Crippen molar-refractivity contribution in [2.45, 2.75) is 84.8 Å². The fraction of sp³-hybridized carbons (Fsp3) is 0.514. The number of ether oxygens (including phenoxy) is 2. The third kappa shape index (κ3) is 6.20. The Morgan fingerprint density at radius 3 is 2.48 bits per heavy atom. The number of hydrogen-bond donors (Lipinski definition) is 2. The van der Waals surface area contributed by atoms with Gasteiger partial charge in [-0.05, 0) is 98.5 Å². The molecule has 4 heterocycles. The molecule has 0 saturated carbocycles. The van der Waals surface area contributed by atoms with Gasteiger partial charge in [0.05, 0.1) is 12.7 Å². The summed E-state index contributed by atoms with van der Waals surface area (Å²) in [6.07, 6.45) is 3.72. The maximum Gasteiger partial charge on any atom is 0.252 e. The first kappa shape index (κ1) is 29.1. The molecule has 3 aromatic rings. The zero-order valence-electron chi connectivity index (χ0n) is 25.7. The highest BCUT2D eigenvalue weighted by Gasteiger charge is 2.38. The normalized spacial score (nSPS) is 20.9. The number of likely N-dealkylation sites (tertiary alicyclic amines) is 1.